The topological polar surface area (TPSA) is 42.0 Å². The summed E-state index contributed by atoms with van der Waals surface area (Å²) in [7, 11) is 0. The summed E-state index contributed by atoms with van der Waals surface area (Å²) in [5, 5.41) is 9.03. The Morgan fingerprint density at radius 3 is 2.33 bits per heavy atom. The van der Waals surface area contributed by atoms with Gasteiger partial charge in [-0.3, -0.25) is 4.40 Å². The van der Waals surface area contributed by atoms with Crippen LogP contribution in [0.2, 0.25) is 0 Å². The average Bonchev–Trinajstić information content (AvgIpc) is 3.08. The van der Waals surface area contributed by atoms with Gasteiger partial charge in [-0.2, -0.15) is 0 Å². The van der Waals surface area contributed by atoms with E-state index in [0.29, 0.717) is 0 Å². The highest BCUT2D eigenvalue weighted by atomic mass is 15.2. The second-order valence-corrected chi connectivity index (χ2v) is 6.75. The van der Waals surface area contributed by atoms with E-state index < -0.39 is 0 Å². The van der Waals surface area contributed by atoms with Crippen molar-refractivity contribution >= 4 is 17.2 Å². The number of hydrogen-bond acceptors (Lipinski definition) is 3. The van der Waals surface area contributed by atoms with Gasteiger partial charge in [0.2, 0.25) is 0 Å². The maximum atomic E-state index is 4.87. The SMILES string of the molecule is CCc1ccc(-c2nc3c(C)cccn3c2N=Nc2ccc(C)cc2)cc1. The van der Waals surface area contributed by atoms with Crippen LogP contribution in [0.4, 0.5) is 11.5 Å². The molecule has 0 saturated carbocycles. The fourth-order valence-electron chi connectivity index (χ4n) is 3.10. The van der Waals surface area contributed by atoms with Crippen molar-refractivity contribution in [3.05, 3.63) is 83.6 Å². The number of nitrogens with zero attached hydrogens (tertiary/aromatic N) is 4. The number of aromatic nitrogens is 2. The molecule has 0 aliphatic heterocycles. The molecule has 0 aliphatic rings. The molecule has 4 heteroatoms. The van der Waals surface area contributed by atoms with Gasteiger partial charge in [-0.1, -0.05) is 55.0 Å². The molecule has 4 aromatic rings. The summed E-state index contributed by atoms with van der Waals surface area (Å²) in [6.07, 6.45) is 3.01. The third-order valence-electron chi connectivity index (χ3n) is 4.75. The normalized spacial score (nSPS) is 11.5. The standard InChI is InChI=1S/C23H22N4/c1-4-18-9-11-19(12-10-18)21-23(26-25-20-13-7-16(2)8-14-20)27-15-5-6-17(3)22(27)24-21/h5-15H,4H2,1-3H3. The van der Waals surface area contributed by atoms with Crippen LogP contribution in [0.1, 0.15) is 23.6 Å². The Bertz CT molecular complexity index is 1100. The highest BCUT2D eigenvalue weighted by Crippen LogP contribution is 2.33. The number of rotatable bonds is 4. The molecule has 4 nitrogen and oxygen atoms in total. The summed E-state index contributed by atoms with van der Waals surface area (Å²) < 4.78 is 2.01. The minimum absolute atomic E-state index is 0.749. The zero-order valence-electron chi connectivity index (χ0n) is 15.8. The van der Waals surface area contributed by atoms with E-state index in [-0.39, 0.29) is 0 Å². The molecule has 0 spiro atoms. The Morgan fingerprint density at radius 1 is 0.889 bits per heavy atom. The van der Waals surface area contributed by atoms with Crippen molar-refractivity contribution in [3.63, 3.8) is 0 Å². The third kappa shape index (κ3) is 3.38. The minimum atomic E-state index is 0.749. The first-order valence-electron chi connectivity index (χ1n) is 9.21. The van der Waals surface area contributed by atoms with E-state index in [1.807, 2.05) is 40.9 Å². The van der Waals surface area contributed by atoms with Crippen molar-refractivity contribution < 1.29 is 0 Å². The van der Waals surface area contributed by atoms with Crippen LogP contribution in [0.3, 0.4) is 0 Å². The number of pyridine rings is 1. The van der Waals surface area contributed by atoms with Crippen LogP contribution in [-0.4, -0.2) is 9.38 Å². The molecule has 0 radical (unpaired) electrons. The van der Waals surface area contributed by atoms with E-state index >= 15 is 0 Å². The van der Waals surface area contributed by atoms with Gasteiger partial charge in [-0.15, -0.1) is 10.2 Å². The molecule has 0 atom stereocenters. The largest absolute Gasteiger partial charge is 0.282 e. The maximum absolute atomic E-state index is 4.87. The van der Waals surface area contributed by atoms with Crippen LogP contribution in [0.25, 0.3) is 16.9 Å². The molecule has 0 bridgehead atoms. The van der Waals surface area contributed by atoms with Gasteiger partial charge in [0.05, 0.1) is 5.69 Å². The van der Waals surface area contributed by atoms with Crippen molar-refractivity contribution in [2.24, 2.45) is 10.2 Å². The lowest BCUT2D eigenvalue weighted by Crippen LogP contribution is -1.85. The van der Waals surface area contributed by atoms with Gasteiger partial charge in [-0.25, -0.2) is 4.98 Å². The Labute approximate surface area is 159 Å². The lowest BCUT2D eigenvalue weighted by Gasteiger charge is -2.02. The molecular weight excluding hydrogens is 332 g/mol. The molecule has 0 amide bonds. The molecular formula is C23H22N4. The number of benzene rings is 2. The number of aryl methyl sites for hydroxylation is 3. The lowest BCUT2D eigenvalue weighted by molar-refractivity contribution is 1.10. The maximum Gasteiger partial charge on any atom is 0.187 e. The van der Waals surface area contributed by atoms with E-state index in [1.165, 1.54) is 11.1 Å². The van der Waals surface area contributed by atoms with Gasteiger partial charge >= 0.3 is 0 Å². The van der Waals surface area contributed by atoms with Crippen LogP contribution in [0.15, 0.2) is 77.1 Å². The summed E-state index contributed by atoms with van der Waals surface area (Å²) in [5.74, 6) is 0.749. The monoisotopic (exact) mass is 354 g/mol. The fraction of sp³-hybridized carbons (Fsp3) is 0.174. The average molecular weight is 354 g/mol. The highest BCUT2D eigenvalue weighted by molar-refractivity contribution is 5.75. The van der Waals surface area contributed by atoms with Gasteiger partial charge < -0.3 is 0 Å². The molecule has 134 valence electrons. The van der Waals surface area contributed by atoms with E-state index in [0.717, 1.165) is 40.4 Å². The molecule has 27 heavy (non-hydrogen) atoms. The Morgan fingerprint density at radius 2 is 1.63 bits per heavy atom. The smallest absolute Gasteiger partial charge is 0.187 e. The molecule has 2 aromatic heterocycles. The second kappa shape index (κ2) is 7.16. The second-order valence-electron chi connectivity index (χ2n) is 6.75. The third-order valence-corrected chi connectivity index (χ3v) is 4.75. The van der Waals surface area contributed by atoms with Crippen molar-refractivity contribution in [2.45, 2.75) is 27.2 Å². The molecule has 4 rings (SSSR count). The van der Waals surface area contributed by atoms with Crippen molar-refractivity contribution in [1.29, 1.82) is 0 Å². The van der Waals surface area contributed by atoms with Crippen molar-refractivity contribution in [1.82, 2.24) is 9.38 Å². The van der Waals surface area contributed by atoms with Gasteiger partial charge in [0.15, 0.2) is 5.82 Å². The summed E-state index contributed by atoms with van der Waals surface area (Å²) in [5.41, 5.74) is 7.26. The molecule has 0 N–H and O–H groups in total. The van der Waals surface area contributed by atoms with E-state index in [4.69, 9.17) is 4.98 Å². The van der Waals surface area contributed by atoms with E-state index in [2.05, 4.69) is 61.3 Å². The zero-order chi connectivity index (χ0) is 18.8. The predicted molar refractivity (Wildman–Crippen MR) is 110 cm³/mol. The lowest BCUT2D eigenvalue weighted by atomic mass is 10.1. The highest BCUT2D eigenvalue weighted by Gasteiger charge is 2.15. The number of hydrogen-bond donors (Lipinski definition) is 0. The van der Waals surface area contributed by atoms with E-state index in [9.17, 15) is 0 Å². The van der Waals surface area contributed by atoms with Crippen LogP contribution in [-0.2, 0) is 6.42 Å². The van der Waals surface area contributed by atoms with Crippen LogP contribution >= 0.6 is 0 Å². The van der Waals surface area contributed by atoms with Gasteiger partial charge in [0, 0.05) is 11.8 Å². The van der Waals surface area contributed by atoms with Crippen LogP contribution in [0, 0.1) is 13.8 Å². The van der Waals surface area contributed by atoms with E-state index in [1.54, 1.807) is 0 Å². The summed E-state index contributed by atoms with van der Waals surface area (Å²) in [6, 6.07) is 20.6. The Kier molecular flexibility index (Phi) is 4.55. The fourth-order valence-corrected chi connectivity index (χ4v) is 3.10. The summed E-state index contributed by atoms with van der Waals surface area (Å²) >= 11 is 0. The first kappa shape index (κ1) is 17.2. The van der Waals surface area contributed by atoms with Crippen molar-refractivity contribution in [2.75, 3.05) is 0 Å². The van der Waals surface area contributed by atoms with Crippen LogP contribution < -0.4 is 0 Å². The molecule has 0 saturated heterocycles. The Balaban J connectivity index is 1.85. The minimum Gasteiger partial charge on any atom is -0.282 e. The molecule has 0 unspecified atom stereocenters. The quantitative estimate of drug-likeness (QED) is 0.381. The van der Waals surface area contributed by atoms with Crippen molar-refractivity contribution in [3.8, 4) is 11.3 Å². The molecule has 2 heterocycles. The van der Waals surface area contributed by atoms with Gasteiger partial charge in [0.1, 0.15) is 11.3 Å². The molecule has 0 aliphatic carbocycles. The molecule has 2 aromatic carbocycles. The predicted octanol–water partition coefficient (Wildman–Crippen LogP) is 6.60. The molecule has 0 fully saturated rings. The van der Waals surface area contributed by atoms with Gasteiger partial charge in [-0.05, 0) is 49.6 Å². The summed E-state index contributed by atoms with van der Waals surface area (Å²) in [4.78, 5) is 4.87. The zero-order valence-corrected chi connectivity index (χ0v) is 15.8. The first-order valence-corrected chi connectivity index (χ1v) is 9.21. The van der Waals surface area contributed by atoms with Crippen LogP contribution in [0.5, 0.6) is 0 Å². The summed E-state index contributed by atoms with van der Waals surface area (Å²) in [6.45, 7) is 6.28. The number of fused-ring (bicyclic) bond motifs is 1. The van der Waals surface area contributed by atoms with Gasteiger partial charge in [0.25, 0.3) is 0 Å². The number of azo groups is 1. The number of imidazole rings is 1. The Hall–Kier alpha value is -3.27. The first-order chi connectivity index (χ1) is 13.2.